The molecular formula is C27H35N3O4. The lowest BCUT2D eigenvalue weighted by Gasteiger charge is -2.29. The van der Waals surface area contributed by atoms with Gasteiger partial charge in [-0.05, 0) is 49.7 Å². The number of aromatic nitrogens is 2. The first kappa shape index (κ1) is 25.5. The standard InChI is InChI=1S/C27H35N3O4/c1-6-25-24(19-29(17-18-32-4)20-27(3,31)7-2)26(30(28-25)21-11-9-8-10-12-21)34-23-15-13-22(33-5)14-16-23/h7-16,31H,2,6,17-20H2,1,3-5H3. The van der Waals surface area contributed by atoms with E-state index in [1.807, 2.05) is 59.3 Å². The highest BCUT2D eigenvalue weighted by molar-refractivity contribution is 5.44. The van der Waals surface area contributed by atoms with Crippen LogP contribution in [0.5, 0.6) is 17.4 Å². The van der Waals surface area contributed by atoms with Crippen molar-refractivity contribution >= 4 is 0 Å². The number of benzene rings is 2. The first-order chi connectivity index (χ1) is 16.4. The van der Waals surface area contributed by atoms with Crippen LogP contribution in [0.15, 0.2) is 67.3 Å². The maximum absolute atomic E-state index is 10.7. The first-order valence-corrected chi connectivity index (χ1v) is 11.5. The molecule has 0 fully saturated rings. The Bertz CT molecular complexity index is 1050. The van der Waals surface area contributed by atoms with Gasteiger partial charge in [-0.25, -0.2) is 4.68 Å². The molecular weight excluding hydrogens is 430 g/mol. The van der Waals surface area contributed by atoms with Gasteiger partial charge in [-0.3, -0.25) is 4.90 Å². The molecule has 34 heavy (non-hydrogen) atoms. The van der Waals surface area contributed by atoms with Crippen LogP contribution in [0.25, 0.3) is 5.69 Å². The van der Waals surface area contributed by atoms with Crippen LogP contribution in [0.4, 0.5) is 0 Å². The van der Waals surface area contributed by atoms with E-state index in [0.717, 1.165) is 29.1 Å². The molecule has 1 atom stereocenters. The summed E-state index contributed by atoms with van der Waals surface area (Å²) in [6, 6.07) is 17.4. The second-order valence-corrected chi connectivity index (χ2v) is 8.37. The average molecular weight is 466 g/mol. The summed E-state index contributed by atoms with van der Waals surface area (Å²) >= 11 is 0. The Morgan fingerprint density at radius 2 is 1.76 bits per heavy atom. The summed E-state index contributed by atoms with van der Waals surface area (Å²) in [5, 5.41) is 15.6. The molecule has 0 spiro atoms. The number of aryl methyl sites for hydroxylation is 1. The number of hydrogen-bond acceptors (Lipinski definition) is 6. The van der Waals surface area contributed by atoms with Crippen LogP contribution < -0.4 is 9.47 Å². The predicted octanol–water partition coefficient (Wildman–Crippen LogP) is 4.62. The molecule has 1 aromatic heterocycles. The van der Waals surface area contributed by atoms with Crippen LogP contribution in [-0.2, 0) is 17.7 Å². The van der Waals surface area contributed by atoms with E-state index in [4.69, 9.17) is 19.3 Å². The molecule has 0 aliphatic rings. The van der Waals surface area contributed by atoms with Crippen molar-refractivity contribution in [2.75, 3.05) is 33.9 Å². The molecule has 2 aromatic carbocycles. The molecule has 3 aromatic rings. The van der Waals surface area contributed by atoms with Crippen molar-refractivity contribution in [1.29, 1.82) is 0 Å². The number of para-hydroxylation sites is 1. The average Bonchev–Trinajstić information content (AvgIpc) is 3.20. The van der Waals surface area contributed by atoms with Gasteiger partial charge in [-0.1, -0.05) is 31.2 Å². The summed E-state index contributed by atoms with van der Waals surface area (Å²) in [5.41, 5.74) is 1.78. The quantitative estimate of drug-likeness (QED) is 0.372. The molecule has 1 heterocycles. The van der Waals surface area contributed by atoms with Gasteiger partial charge < -0.3 is 19.3 Å². The number of methoxy groups -OCH3 is 2. The SMILES string of the molecule is C=CC(C)(O)CN(CCOC)Cc1c(CC)nn(-c2ccccc2)c1Oc1ccc(OC)cc1. The largest absolute Gasteiger partial charge is 0.497 e. The van der Waals surface area contributed by atoms with Crippen molar-refractivity contribution in [3.63, 3.8) is 0 Å². The van der Waals surface area contributed by atoms with E-state index in [2.05, 4.69) is 18.4 Å². The zero-order chi connectivity index (χ0) is 24.6. The molecule has 0 saturated carbocycles. The Labute approximate surface area is 202 Å². The van der Waals surface area contributed by atoms with Crippen LogP contribution in [0.2, 0.25) is 0 Å². The summed E-state index contributed by atoms with van der Waals surface area (Å²) in [7, 11) is 3.31. The lowest BCUT2D eigenvalue weighted by molar-refractivity contribution is 0.0462. The zero-order valence-electron chi connectivity index (χ0n) is 20.5. The lowest BCUT2D eigenvalue weighted by atomic mass is 10.1. The number of hydrogen-bond donors (Lipinski definition) is 1. The topological polar surface area (TPSA) is 69.0 Å². The number of ether oxygens (including phenoxy) is 3. The third kappa shape index (κ3) is 6.47. The molecule has 1 unspecified atom stereocenters. The molecule has 0 radical (unpaired) electrons. The van der Waals surface area contributed by atoms with E-state index in [0.29, 0.717) is 37.9 Å². The van der Waals surface area contributed by atoms with Gasteiger partial charge in [0.15, 0.2) is 0 Å². The summed E-state index contributed by atoms with van der Waals surface area (Å²) in [5.74, 6) is 2.09. The molecule has 7 heteroatoms. The highest BCUT2D eigenvalue weighted by atomic mass is 16.5. The molecule has 3 rings (SSSR count). The van der Waals surface area contributed by atoms with Crippen LogP contribution in [0.3, 0.4) is 0 Å². The first-order valence-electron chi connectivity index (χ1n) is 11.5. The fourth-order valence-electron chi connectivity index (χ4n) is 3.70. The molecule has 0 amide bonds. The van der Waals surface area contributed by atoms with Gasteiger partial charge in [0.05, 0.1) is 36.3 Å². The highest BCUT2D eigenvalue weighted by Gasteiger charge is 2.26. The molecule has 0 aliphatic carbocycles. The fourth-order valence-corrected chi connectivity index (χ4v) is 3.70. The summed E-state index contributed by atoms with van der Waals surface area (Å²) < 4.78 is 18.9. The maximum Gasteiger partial charge on any atom is 0.227 e. The Morgan fingerprint density at radius 3 is 2.35 bits per heavy atom. The molecule has 182 valence electrons. The van der Waals surface area contributed by atoms with E-state index in [1.54, 1.807) is 27.2 Å². The monoisotopic (exact) mass is 465 g/mol. The highest BCUT2D eigenvalue weighted by Crippen LogP contribution is 2.33. The molecule has 7 nitrogen and oxygen atoms in total. The van der Waals surface area contributed by atoms with E-state index >= 15 is 0 Å². The van der Waals surface area contributed by atoms with E-state index in [9.17, 15) is 5.11 Å². The Kier molecular flexibility index (Phi) is 8.87. The number of nitrogens with zero attached hydrogens (tertiary/aromatic N) is 3. The van der Waals surface area contributed by atoms with Crippen molar-refractivity contribution in [3.8, 4) is 23.1 Å². The van der Waals surface area contributed by atoms with Gasteiger partial charge in [0.25, 0.3) is 0 Å². The maximum atomic E-state index is 10.7. The Balaban J connectivity index is 2.05. The number of aliphatic hydroxyl groups is 1. The second kappa shape index (κ2) is 11.8. The Hall–Kier alpha value is -3.13. The van der Waals surface area contributed by atoms with Gasteiger partial charge in [0.2, 0.25) is 5.88 Å². The van der Waals surface area contributed by atoms with Crippen molar-refractivity contribution < 1.29 is 19.3 Å². The van der Waals surface area contributed by atoms with E-state index in [-0.39, 0.29) is 0 Å². The van der Waals surface area contributed by atoms with E-state index in [1.165, 1.54) is 0 Å². The van der Waals surface area contributed by atoms with Gasteiger partial charge in [0, 0.05) is 26.7 Å². The smallest absolute Gasteiger partial charge is 0.227 e. The molecule has 0 aliphatic heterocycles. The Morgan fingerprint density at radius 1 is 1.09 bits per heavy atom. The van der Waals surface area contributed by atoms with Gasteiger partial charge in [0.1, 0.15) is 11.5 Å². The van der Waals surface area contributed by atoms with Gasteiger partial charge >= 0.3 is 0 Å². The van der Waals surface area contributed by atoms with E-state index < -0.39 is 5.60 Å². The summed E-state index contributed by atoms with van der Waals surface area (Å²) in [6.07, 6.45) is 2.31. The third-order valence-corrected chi connectivity index (χ3v) is 5.61. The van der Waals surface area contributed by atoms with Crippen LogP contribution in [0.1, 0.15) is 25.1 Å². The second-order valence-electron chi connectivity index (χ2n) is 8.37. The predicted molar refractivity (Wildman–Crippen MR) is 134 cm³/mol. The van der Waals surface area contributed by atoms with Gasteiger partial charge in [-0.2, -0.15) is 5.10 Å². The minimum Gasteiger partial charge on any atom is -0.497 e. The van der Waals surface area contributed by atoms with Gasteiger partial charge in [-0.15, -0.1) is 6.58 Å². The molecule has 1 N–H and O–H groups in total. The van der Waals surface area contributed by atoms with Crippen molar-refractivity contribution in [2.24, 2.45) is 0 Å². The minimum absolute atomic E-state index is 0.404. The van der Waals surface area contributed by atoms with Crippen molar-refractivity contribution in [2.45, 2.75) is 32.4 Å². The van der Waals surface area contributed by atoms with Crippen LogP contribution in [0, 0.1) is 0 Å². The fraction of sp³-hybridized carbons (Fsp3) is 0.370. The normalized spacial score (nSPS) is 13.0. The van der Waals surface area contributed by atoms with Crippen LogP contribution in [-0.4, -0.2) is 59.3 Å². The summed E-state index contributed by atoms with van der Waals surface area (Å²) in [6.45, 7) is 9.73. The lowest BCUT2D eigenvalue weighted by Crippen LogP contribution is -2.40. The van der Waals surface area contributed by atoms with Crippen molar-refractivity contribution in [3.05, 3.63) is 78.5 Å². The third-order valence-electron chi connectivity index (χ3n) is 5.61. The minimum atomic E-state index is -1.04. The van der Waals surface area contributed by atoms with Crippen molar-refractivity contribution in [1.82, 2.24) is 14.7 Å². The van der Waals surface area contributed by atoms with Crippen LogP contribution >= 0.6 is 0 Å². The zero-order valence-corrected chi connectivity index (χ0v) is 20.5. The molecule has 0 bridgehead atoms. The number of rotatable bonds is 13. The summed E-state index contributed by atoms with van der Waals surface area (Å²) in [4.78, 5) is 2.14. The molecule has 0 saturated heterocycles.